The Labute approximate surface area is 285 Å². The first kappa shape index (κ1) is 40.5. The van der Waals surface area contributed by atoms with Crippen LogP contribution in [0.3, 0.4) is 0 Å². The number of halogens is 4. The van der Waals surface area contributed by atoms with E-state index >= 15 is 0 Å². The van der Waals surface area contributed by atoms with Crippen molar-refractivity contribution in [3.63, 3.8) is 0 Å². The van der Waals surface area contributed by atoms with Crippen LogP contribution in [0.25, 0.3) is 17.2 Å². The normalized spacial score (nSPS) is 18.3. The molecule has 0 spiro atoms. The lowest BCUT2D eigenvalue weighted by molar-refractivity contribution is -0.245. The van der Waals surface area contributed by atoms with Crippen LogP contribution < -0.4 is 0 Å². The molecule has 266 valence electrons. The number of ketones is 1. The van der Waals surface area contributed by atoms with E-state index in [9.17, 15) is 22.4 Å². The smallest absolute Gasteiger partial charge is 0.401 e. The number of hydrogen-bond acceptors (Lipinski definition) is 6. The molecular weight excluding hydrogens is 622 g/mol. The first-order valence-corrected chi connectivity index (χ1v) is 16.5. The van der Waals surface area contributed by atoms with Gasteiger partial charge in [0.1, 0.15) is 22.8 Å². The van der Waals surface area contributed by atoms with Gasteiger partial charge >= 0.3 is 6.18 Å². The summed E-state index contributed by atoms with van der Waals surface area (Å²) in [6.45, 7) is 14.7. The van der Waals surface area contributed by atoms with Crippen molar-refractivity contribution in [1.82, 2.24) is 9.97 Å². The Bertz CT molecular complexity index is 1420. The molecule has 2 aliphatic carbocycles. The van der Waals surface area contributed by atoms with E-state index in [1.807, 2.05) is 7.05 Å². The fourth-order valence-corrected chi connectivity index (χ4v) is 5.72. The van der Waals surface area contributed by atoms with Crippen molar-refractivity contribution in [2.75, 3.05) is 27.9 Å². The molecule has 0 bridgehead atoms. The molecule has 2 atom stereocenters. The molecule has 2 aliphatic rings. The van der Waals surface area contributed by atoms with Crippen molar-refractivity contribution in [1.29, 1.82) is 0 Å². The predicted molar refractivity (Wildman–Crippen MR) is 187 cm³/mol. The number of methoxy groups -OCH3 is 2. The molecule has 2 saturated carbocycles. The Morgan fingerprint density at radius 3 is 2.21 bits per heavy atom. The lowest BCUT2D eigenvalue weighted by Crippen LogP contribution is -2.46. The topological polar surface area (TPSA) is 73.7 Å². The number of Topliss-reactive ketones (excluding diaryl/α,β-unsaturated/α-hetero) is 1. The lowest BCUT2D eigenvalue weighted by atomic mass is 9.66. The molecule has 1 heterocycles. The summed E-state index contributed by atoms with van der Waals surface area (Å²) in [6, 6.07) is 4.44. The summed E-state index contributed by atoms with van der Waals surface area (Å²) in [7, 11) is 4.81. The molecule has 0 amide bonds. The fraction of sp³-hybridized carbons (Fsp3) is 0.526. The molecule has 1 aromatic heterocycles. The minimum atomic E-state index is -4.45. The van der Waals surface area contributed by atoms with Crippen molar-refractivity contribution in [3.8, 4) is 11.1 Å². The second kappa shape index (κ2) is 19.4. The second-order valence-electron chi connectivity index (χ2n) is 12.1. The van der Waals surface area contributed by atoms with E-state index in [1.165, 1.54) is 49.9 Å². The van der Waals surface area contributed by atoms with Crippen molar-refractivity contribution in [2.24, 2.45) is 22.2 Å². The maximum atomic E-state index is 14.6. The zero-order valence-corrected chi connectivity index (χ0v) is 29.3. The summed E-state index contributed by atoms with van der Waals surface area (Å²) >= 11 is 0. The molecule has 4 rings (SSSR count). The molecule has 1 aromatic carbocycles. The molecular formula is C38H53F4N3O3. The van der Waals surface area contributed by atoms with Crippen LogP contribution in [0.2, 0.25) is 0 Å². The predicted octanol–water partition coefficient (Wildman–Crippen LogP) is 10.0. The quantitative estimate of drug-likeness (QED) is 0.0863. The number of allylic oxidation sites excluding steroid dienone is 3. The van der Waals surface area contributed by atoms with E-state index in [-0.39, 0.29) is 49.8 Å². The molecule has 0 saturated heterocycles. The second-order valence-corrected chi connectivity index (χ2v) is 12.1. The standard InChI is InChI=1S/C25H24F4N2O2.C9H17N.C4H10O.H2/c1-4-23-30-14-19(15-31-23)17-6-7-18(21(26)13-17)12-20(32)10-16(2)11-22(33-3)24(8-5-9-24)25(27,28)29;1-4-7-6-8(7)9(5-2)10-3;1-3-4-5-2;/h4,6-7,11,13-15H,1-2,5,8-10,12H2,3H3;7-8H,4-6H2,1-3H3;3-4H2,1-2H3;1H/b22-11-;;;. The average molecular weight is 676 g/mol. The first-order valence-electron chi connectivity index (χ1n) is 16.5. The van der Waals surface area contributed by atoms with E-state index < -0.39 is 17.4 Å². The maximum Gasteiger partial charge on any atom is 0.401 e. The van der Waals surface area contributed by atoms with Crippen LogP contribution in [-0.4, -0.2) is 55.5 Å². The van der Waals surface area contributed by atoms with Gasteiger partial charge in [-0.25, -0.2) is 14.4 Å². The fourth-order valence-electron chi connectivity index (χ4n) is 5.72. The molecule has 48 heavy (non-hydrogen) atoms. The largest absolute Gasteiger partial charge is 0.500 e. The van der Waals surface area contributed by atoms with Gasteiger partial charge in [0.15, 0.2) is 5.82 Å². The average Bonchev–Trinajstić information content (AvgIpc) is 3.81. The van der Waals surface area contributed by atoms with Crippen LogP contribution in [0, 0.1) is 23.1 Å². The van der Waals surface area contributed by atoms with Crippen molar-refractivity contribution < 1.29 is 33.3 Å². The summed E-state index contributed by atoms with van der Waals surface area (Å²) in [5, 5.41) is 0. The Hall–Kier alpha value is -3.66. The van der Waals surface area contributed by atoms with Gasteiger partial charge in [-0.3, -0.25) is 9.79 Å². The number of benzene rings is 1. The molecule has 0 radical (unpaired) electrons. The van der Waals surface area contributed by atoms with Crippen molar-refractivity contribution in [3.05, 3.63) is 78.4 Å². The van der Waals surface area contributed by atoms with E-state index in [4.69, 9.17) is 9.47 Å². The summed E-state index contributed by atoms with van der Waals surface area (Å²) < 4.78 is 65.0. The number of aromatic nitrogens is 2. The van der Waals surface area contributed by atoms with Crippen LogP contribution in [0.1, 0.15) is 85.0 Å². The van der Waals surface area contributed by atoms with E-state index in [2.05, 4.69) is 48.9 Å². The molecule has 0 aliphatic heterocycles. The van der Waals surface area contributed by atoms with Crippen molar-refractivity contribution in [2.45, 2.75) is 84.7 Å². The lowest BCUT2D eigenvalue weighted by Gasteiger charge is -2.43. The van der Waals surface area contributed by atoms with Gasteiger partial charge in [0.25, 0.3) is 0 Å². The van der Waals surface area contributed by atoms with Crippen LogP contribution >= 0.6 is 0 Å². The first-order chi connectivity index (χ1) is 22.8. The van der Waals surface area contributed by atoms with Gasteiger partial charge in [-0.2, -0.15) is 13.2 Å². The minimum Gasteiger partial charge on any atom is -0.500 e. The molecule has 2 unspecified atom stereocenters. The summed E-state index contributed by atoms with van der Waals surface area (Å²) in [6.07, 6.45) is 6.25. The third-order valence-electron chi connectivity index (χ3n) is 8.76. The van der Waals surface area contributed by atoms with Gasteiger partial charge in [-0.05, 0) is 78.9 Å². The Balaban J connectivity index is 0.000000621. The van der Waals surface area contributed by atoms with E-state index in [0.717, 1.165) is 31.3 Å². The Morgan fingerprint density at radius 1 is 1.15 bits per heavy atom. The summed E-state index contributed by atoms with van der Waals surface area (Å²) in [5.74, 6) is 1.10. The number of carbonyl (C=O) groups excluding carboxylic acids is 1. The zero-order chi connectivity index (χ0) is 35.9. The van der Waals surface area contributed by atoms with Gasteiger partial charge in [-0.1, -0.05) is 58.9 Å². The van der Waals surface area contributed by atoms with Crippen LogP contribution in [-0.2, 0) is 20.7 Å². The number of rotatable bonds is 14. The Kier molecular flexibility index (Phi) is 16.3. The maximum absolute atomic E-state index is 14.6. The zero-order valence-electron chi connectivity index (χ0n) is 29.3. The van der Waals surface area contributed by atoms with Gasteiger partial charge in [-0.15, -0.1) is 0 Å². The van der Waals surface area contributed by atoms with Crippen LogP contribution in [0.5, 0.6) is 0 Å². The summed E-state index contributed by atoms with van der Waals surface area (Å²) in [4.78, 5) is 24.9. The molecule has 2 fully saturated rings. The number of ether oxygens (including phenoxy) is 2. The molecule has 10 heteroatoms. The van der Waals surface area contributed by atoms with Crippen LogP contribution in [0.4, 0.5) is 17.6 Å². The number of alkyl halides is 3. The number of hydrogen-bond donors (Lipinski definition) is 0. The number of carbonyl (C=O) groups is 1. The van der Waals surface area contributed by atoms with Gasteiger partial charge in [0, 0.05) is 58.7 Å². The van der Waals surface area contributed by atoms with E-state index in [0.29, 0.717) is 23.4 Å². The third-order valence-corrected chi connectivity index (χ3v) is 8.76. The number of aliphatic imine (C=N–C) groups is 1. The Morgan fingerprint density at radius 2 is 1.81 bits per heavy atom. The summed E-state index contributed by atoms with van der Waals surface area (Å²) in [5.41, 5.74) is 0.938. The number of nitrogens with zero attached hydrogens (tertiary/aromatic N) is 3. The van der Waals surface area contributed by atoms with Crippen molar-refractivity contribution >= 4 is 17.6 Å². The van der Waals surface area contributed by atoms with Crippen LogP contribution in [0.15, 0.2) is 66.2 Å². The molecule has 0 N–H and O–H groups in total. The highest BCUT2D eigenvalue weighted by atomic mass is 19.4. The minimum absolute atomic E-state index is 0. The van der Waals surface area contributed by atoms with Gasteiger partial charge in [0.2, 0.25) is 0 Å². The highest BCUT2D eigenvalue weighted by molar-refractivity contribution is 5.88. The SMILES string of the molecule is C=Cc1ncc(-c2ccc(CC(=O)CC(=C)/C=C(\OC)C3(C(F)(F)F)CCC3)c(F)c2)cn1.CCC(=NC)C1CC1CC.CCCOC.[HH]. The highest BCUT2D eigenvalue weighted by Gasteiger charge is 2.61. The van der Waals surface area contributed by atoms with Gasteiger partial charge in [0.05, 0.1) is 7.11 Å². The monoisotopic (exact) mass is 675 g/mol. The van der Waals surface area contributed by atoms with E-state index in [1.54, 1.807) is 25.6 Å². The molecule has 2 aromatic rings. The highest BCUT2D eigenvalue weighted by Crippen LogP contribution is 2.58. The molecule has 6 nitrogen and oxygen atoms in total. The van der Waals surface area contributed by atoms with Gasteiger partial charge < -0.3 is 9.47 Å². The third kappa shape index (κ3) is 11.2.